The average Bonchev–Trinajstić information content (AvgIpc) is 3.30. The van der Waals surface area contributed by atoms with Crippen LogP contribution in [0.5, 0.6) is 0 Å². The lowest BCUT2D eigenvalue weighted by Crippen LogP contribution is -2.57. The number of benzene rings is 2. The van der Waals surface area contributed by atoms with Gasteiger partial charge in [-0.3, -0.25) is 9.59 Å². The summed E-state index contributed by atoms with van der Waals surface area (Å²) < 4.78 is 6.09. The van der Waals surface area contributed by atoms with Crippen LogP contribution in [0.4, 0.5) is 0 Å². The number of carbonyl (C=O) groups excluding carboxylic acids is 2. The Morgan fingerprint density at radius 3 is 2.59 bits per heavy atom. The number of hydrogen-bond acceptors (Lipinski definition) is 4. The first kappa shape index (κ1) is 24.3. The van der Waals surface area contributed by atoms with Crippen molar-refractivity contribution in [3.05, 3.63) is 59.9 Å². The molecule has 0 saturated carbocycles. The highest BCUT2D eigenvalue weighted by atomic mass is 35.5. The van der Waals surface area contributed by atoms with Gasteiger partial charge in [0.25, 0.3) is 11.8 Å². The summed E-state index contributed by atoms with van der Waals surface area (Å²) in [6.07, 6.45) is 4.30. The molecule has 0 aliphatic carbocycles. The molecule has 2 amide bonds. The van der Waals surface area contributed by atoms with Crippen LogP contribution >= 0.6 is 12.4 Å². The van der Waals surface area contributed by atoms with Gasteiger partial charge >= 0.3 is 0 Å². The Morgan fingerprint density at radius 2 is 1.85 bits per heavy atom. The van der Waals surface area contributed by atoms with Gasteiger partial charge in [-0.05, 0) is 62.0 Å². The van der Waals surface area contributed by atoms with Gasteiger partial charge in [0.1, 0.15) is 5.58 Å². The summed E-state index contributed by atoms with van der Waals surface area (Å²) in [4.78, 5) is 27.9. The normalized spacial score (nSPS) is 21.1. The first-order valence-electron chi connectivity index (χ1n) is 12.1. The number of unbranched alkanes of at least 4 members (excludes halogenated alkanes) is 1. The maximum atomic E-state index is 13.0. The van der Waals surface area contributed by atoms with E-state index in [4.69, 9.17) is 4.42 Å². The number of halogens is 1. The minimum atomic E-state index is -0.153. The van der Waals surface area contributed by atoms with Gasteiger partial charge in [-0.1, -0.05) is 43.7 Å². The molecule has 0 spiro atoms. The highest BCUT2D eigenvalue weighted by molar-refractivity contribution is 6.01. The first-order chi connectivity index (χ1) is 16.1. The summed E-state index contributed by atoms with van der Waals surface area (Å²) in [5, 5.41) is 7.05. The van der Waals surface area contributed by atoms with Gasteiger partial charge in [-0.15, -0.1) is 12.4 Å². The van der Waals surface area contributed by atoms with E-state index in [-0.39, 0.29) is 30.3 Å². The zero-order chi connectivity index (χ0) is 22.8. The third-order valence-corrected chi connectivity index (χ3v) is 6.99. The fraction of sp³-hybridized carbons (Fsp3) is 0.407. The molecule has 2 N–H and O–H groups in total. The third kappa shape index (κ3) is 4.98. The zero-order valence-electron chi connectivity index (χ0n) is 19.5. The molecule has 3 aliphatic heterocycles. The Bertz CT molecular complexity index is 1170. The van der Waals surface area contributed by atoms with Crippen molar-refractivity contribution in [3.8, 4) is 11.1 Å². The Kier molecular flexibility index (Phi) is 7.59. The van der Waals surface area contributed by atoms with E-state index in [9.17, 15) is 9.59 Å². The Balaban J connectivity index is 0.00000274. The van der Waals surface area contributed by atoms with Crippen LogP contribution in [0, 0.1) is 5.92 Å². The molecule has 4 heterocycles. The number of piperidine rings is 3. The lowest BCUT2D eigenvalue weighted by molar-refractivity contribution is 0.0607. The van der Waals surface area contributed by atoms with Gasteiger partial charge in [-0.2, -0.15) is 0 Å². The molecular formula is C27H32ClN3O3. The minimum absolute atomic E-state index is 0. The molecule has 3 fully saturated rings. The maximum Gasteiger partial charge on any atom is 0.287 e. The molecule has 1 atom stereocenters. The van der Waals surface area contributed by atoms with Crippen LogP contribution in [0.3, 0.4) is 0 Å². The number of nitrogens with zero attached hydrogens (tertiary/aromatic N) is 1. The predicted octanol–water partition coefficient (Wildman–Crippen LogP) is 4.88. The monoisotopic (exact) mass is 481 g/mol. The summed E-state index contributed by atoms with van der Waals surface area (Å²) in [6.45, 7) is 5.98. The molecule has 0 unspecified atom stereocenters. The van der Waals surface area contributed by atoms with Gasteiger partial charge in [0, 0.05) is 35.6 Å². The minimum Gasteiger partial charge on any atom is -0.450 e. The smallest absolute Gasteiger partial charge is 0.287 e. The fourth-order valence-electron chi connectivity index (χ4n) is 5.08. The Hall–Kier alpha value is -2.83. The number of fused-ring (bicyclic) bond motifs is 4. The predicted molar refractivity (Wildman–Crippen MR) is 137 cm³/mol. The second kappa shape index (κ2) is 10.6. The van der Waals surface area contributed by atoms with Crippen LogP contribution in [-0.2, 0) is 0 Å². The highest BCUT2D eigenvalue weighted by Crippen LogP contribution is 2.32. The molecule has 180 valence electrons. The first-order valence-corrected chi connectivity index (χ1v) is 12.1. The highest BCUT2D eigenvalue weighted by Gasteiger charge is 2.35. The second-order valence-corrected chi connectivity index (χ2v) is 9.24. The van der Waals surface area contributed by atoms with Crippen molar-refractivity contribution in [1.29, 1.82) is 0 Å². The van der Waals surface area contributed by atoms with Crippen LogP contribution < -0.4 is 10.6 Å². The third-order valence-electron chi connectivity index (χ3n) is 6.99. The van der Waals surface area contributed by atoms with E-state index in [1.807, 2.05) is 48.5 Å². The molecule has 7 heteroatoms. The molecule has 34 heavy (non-hydrogen) atoms. The molecule has 2 aromatic carbocycles. The van der Waals surface area contributed by atoms with Gasteiger partial charge < -0.3 is 20.0 Å². The molecule has 3 aromatic rings. The molecule has 3 saturated heterocycles. The fourth-order valence-corrected chi connectivity index (χ4v) is 5.08. The topological polar surface area (TPSA) is 74.6 Å². The van der Waals surface area contributed by atoms with E-state index in [0.29, 0.717) is 29.4 Å². The molecule has 1 aromatic heterocycles. The van der Waals surface area contributed by atoms with E-state index >= 15 is 0 Å². The van der Waals surface area contributed by atoms with Crippen molar-refractivity contribution in [2.45, 2.75) is 38.6 Å². The van der Waals surface area contributed by atoms with Crippen molar-refractivity contribution < 1.29 is 14.0 Å². The summed E-state index contributed by atoms with van der Waals surface area (Å²) in [7, 11) is 0. The molecule has 3 aliphatic rings. The van der Waals surface area contributed by atoms with E-state index in [1.54, 1.807) is 0 Å². The lowest BCUT2D eigenvalue weighted by Gasteiger charge is -2.44. The maximum absolute atomic E-state index is 13.0. The van der Waals surface area contributed by atoms with Crippen molar-refractivity contribution in [1.82, 2.24) is 15.5 Å². The van der Waals surface area contributed by atoms with Crippen LogP contribution in [-0.4, -0.2) is 48.9 Å². The number of rotatable bonds is 7. The Labute approximate surface area is 206 Å². The van der Waals surface area contributed by atoms with Crippen LogP contribution in [0.1, 0.15) is 53.5 Å². The van der Waals surface area contributed by atoms with Crippen LogP contribution in [0.25, 0.3) is 22.1 Å². The van der Waals surface area contributed by atoms with Gasteiger partial charge in [0.15, 0.2) is 5.76 Å². The van der Waals surface area contributed by atoms with Gasteiger partial charge in [0.2, 0.25) is 0 Å². The SMILES string of the molecule is CCCCNC(=O)c1cccc(-c2cccc3cc(C(=O)N[C@H]4CN5CCC4CC5)oc23)c1.Cl. The summed E-state index contributed by atoms with van der Waals surface area (Å²) in [5.74, 6) is 0.668. The molecule has 2 bridgehead atoms. The second-order valence-electron chi connectivity index (χ2n) is 9.24. The summed E-state index contributed by atoms with van der Waals surface area (Å²) in [5.41, 5.74) is 3.05. The molecule has 6 rings (SSSR count). The quantitative estimate of drug-likeness (QED) is 0.472. The van der Waals surface area contributed by atoms with E-state index in [1.165, 1.54) is 0 Å². The lowest BCUT2D eigenvalue weighted by atomic mass is 9.84. The van der Waals surface area contributed by atoms with E-state index in [2.05, 4.69) is 22.5 Å². The Morgan fingerprint density at radius 1 is 1.06 bits per heavy atom. The molecular weight excluding hydrogens is 450 g/mol. The van der Waals surface area contributed by atoms with Gasteiger partial charge in [-0.25, -0.2) is 0 Å². The summed E-state index contributed by atoms with van der Waals surface area (Å²) in [6, 6.07) is 15.4. The van der Waals surface area contributed by atoms with E-state index < -0.39 is 0 Å². The number of hydrogen-bond donors (Lipinski definition) is 2. The van der Waals surface area contributed by atoms with Crippen molar-refractivity contribution >= 4 is 35.2 Å². The largest absolute Gasteiger partial charge is 0.450 e. The van der Waals surface area contributed by atoms with Crippen molar-refractivity contribution in [2.24, 2.45) is 5.92 Å². The number of para-hydroxylation sites is 1. The zero-order valence-corrected chi connectivity index (χ0v) is 20.3. The number of amides is 2. The average molecular weight is 482 g/mol. The van der Waals surface area contributed by atoms with Gasteiger partial charge in [0.05, 0.1) is 0 Å². The number of furan rings is 1. The van der Waals surface area contributed by atoms with E-state index in [0.717, 1.165) is 61.8 Å². The number of nitrogens with one attached hydrogen (secondary N) is 2. The standard InChI is InChI=1S/C27H31N3O3.ClH/c1-2-3-12-28-26(31)21-8-4-6-19(15-21)22-9-5-7-20-16-24(33-25(20)22)27(32)29-23-17-30-13-10-18(23)11-14-30;/h4-9,15-16,18,23H,2-3,10-14,17H2,1H3,(H,28,31)(H,29,32);1H/t23-;/m0./s1. The number of carbonyl (C=O) groups is 2. The van der Waals surface area contributed by atoms with Crippen molar-refractivity contribution in [3.63, 3.8) is 0 Å². The van der Waals surface area contributed by atoms with Crippen LogP contribution in [0.15, 0.2) is 52.9 Å². The molecule has 6 nitrogen and oxygen atoms in total. The molecule has 0 radical (unpaired) electrons. The summed E-state index contributed by atoms with van der Waals surface area (Å²) >= 11 is 0. The van der Waals surface area contributed by atoms with Crippen LogP contribution in [0.2, 0.25) is 0 Å². The van der Waals surface area contributed by atoms with Crippen molar-refractivity contribution in [2.75, 3.05) is 26.2 Å².